The first-order chi connectivity index (χ1) is 1.91. The molecule has 24 valence electrons. The summed E-state index contributed by atoms with van der Waals surface area (Å²) < 4.78 is 0. The van der Waals surface area contributed by atoms with Crippen molar-refractivity contribution in [2.45, 2.75) is 0 Å². The van der Waals surface area contributed by atoms with Crippen LogP contribution in [-0.4, -0.2) is 0 Å². The molecule has 0 rings (SSSR count). The van der Waals surface area contributed by atoms with Crippen LogP contribution in [-0.2, 0) is 0 Å². The minimum absolute atomic E-state index is 0. The number of nitrogens with zero attached hydrogens (tertiary/aromatic N) is 1. The summed E-state index contributed by atoms with van der Waals surface area (Å²) in [5.74, 6) is 0. The van der Waals surface area contributed by atoms with Crippen LogP contribution in [0.5, 0.6) is 0 Å². The maximum absolute atomic E-state index is 8.57. The van der Waals surface area contributed by atoms with Crippen molar-refractivity contribution in [3.63, 3.8) is 0 Å². The van der Waals surface area contributed by atoms with Crippen LogP contribution < -0.4 is 35.1 Å². The molecule has 0 saturated heterocycles. The van der Waals surface area contributed by atoms with Gasteiger partial charge in [0.05, 0.1) is 0 Å². The first-order valence-electron chi connectivity index (χ1n) is 0.610. The van der Waals surface area contributed by atoms with Crippen LogP contribution in [0.25, 0.3) is 0 Å². The Morgan fingerprint density at radius 2 is 2.00 bits per heavy atom. The molecule has 4 nitrogen and oxygen atoms in total. The molecule has 0 saturated carbocycles. The zero-order chi connectivity index (χ0) is 3.41. The van der Waals surface area contributed by atoms with Gasteiger partial charge in [0.25, 0.3) is 0 Å². The summed E-state index contributed by atoms with van der Waals surface area (Å²) in [6.07, 6.45) is 0. The van der Waals surface area contributed by atoms with E-state index >= 15 is 0 Å². The van der Waals surface area contributed by atoms with Gasteiger partial charge in [0.1, 0.15) is 0 Å². The fraction of sp³-hybridized carbons (Fsp3) is 0. The van der Waals surface area contributed by atoms with Gasteiger partial charge in [0, 0.05) is 5.29 Å². The first kappa shape index (κ1) is 9.03. The van der Waals surface area contributed by atoms with Crippen LogP contribution in [0.2, 0.25) is 0 Å². The van der Waals surface area contributed by atoms with Crippen molar-refractivity contribution in [1.29, 1.82) is 0 Å². The normalized spacial score (nSPS) is 4.20. The molecule has 0 aliphatic heterocycles. The fourth-order valence-electron chi connectivity index (χ4n) is 0. The topological polar surface area (TPSA) is 64.5 Å². The van der Waals surface area contributed by atoms with Crippen LogP contribution in [0.15, 0.2) is 5.29 Å². The number of rotatable bonds is 1. The average Bonchev–Trinajstić information content (AvgIpc) is 1.37. The third-order valence-corrected chi connectivity index (χ3v) is 0.0373. The minimum Gasteiger partial charge on any atom is -0.742 e. The molecule has 0 aromatic carbocycles. The molecule has 1 N–H and O–H groups in total. The second kappa shape index (κ2) is 8.84. The van der Waals surface area contributed by atoms with Gasteiger partial charge in [-0.25, -0.2) is 0 Å². The van der Waals surface area contributed by atoms with E-state index in [2.05, 4.69) is 0 Å². The van der Waals surface area contributed by atoms with E-state index in [-0.39, 0.29) is 29.6 Å². The Hall–Kier alpha value is 0.360. The molecule has 0 heterocycles. The van der Waals surface area contributed by atoms with Crippen molar-refractivity contribution in [2.75, 3.05) is 0 Å². The Morgan fingerprint density at radius 1 is 1.80 bits per heavy atom. The molecule has 0 aromatic rings. The molecule has 0 atom stereocenters. The third-order valence-electron chi connectivity index (χ3n) is 0.0373. The van der Waals surface area contributed by atoms with Crippen LogP contribution in [0, 0.1) is 10.1 Å². The standard InChI is InChI=1S/HN2O2.Na/c3-1-2-4;/h(H-,1,2,3,4);/q-1;+1. The molecule has 0 spiro atoms. The average molecular weight is 84.0 g/mol. The number of nitrogens with one attached hydrogen (secondary N) is 1. The smallest absolute Gasteiger partial charge is 0.742 e. The van der Waals surface area contributed by atoms with Gasteiger partial charge >= 0.3 is 29.6 Å². The molecular weight excluding hydrogens is 83.0 g/mol. The van der Waals surface area contributed by atoms with E-state index in [9.17, 15) is 0 Å². The van der Waals surface area contributed by atoms with Crippen molar-refractivity contribution >= 4 is 0 Å². The quantitative estimate of drug-likeness (QED) is 0.206. The molecule has 0 amide bonds. The van der Waals surface area contributed by atoms with Crippen LogP contribution >= 0.6 is 0 Å². The maximum Gasteiger partial charge on any atom is 1.00 e. The van der Waals surface area contributed by atoms with Crippen LogP contribution in [0.1, 0.15) is 0 Å². The summed E-state index contributed by atoms with van der Waals surface area (Å²) in [5.41, 5.74) is 0.750. The summed E-state index contributed by atoms with van der Waals surface area (Å²) >= 11 is 0. The second-order valence-electron chi connectivity index (χ2n) is 0.183. The van der Waals surface area contributed by atoms with E-state index in [1.807, 2.05) is 0 Å². The molecule has 5 heavy (non-hydrogen) atoms. The third kappa shape index (κ3) is 13.1. The minimum atomic E-state index is 0. The maximum atomic E-state index is 8.57. The van der Waals surface area contributed by atoms with Gasteiger partial charge in [-0.2, -0.15) is 0 Å². The van der Waals surface area contributed by atoms with Crippen molar-refractivity contribution in [3.8, 4) is 0 Å². The van der Waals surface area contributed by atoms with E-state index in [0.29, 0.717) is 0 Å². The Morgan fingerprint density at radius 3 is 2.00 bits per heavy atom. The predicted molar refractivity (Wildman–Crippen MR) is 12.3 cm³/mol. The zero-order valence-electron chi connectivity index (χ0n) is 2.76. The van der Waals surface area contributed by atoms with E-state index in [1.165, 1.54) is 0 Å². The molecule has 0 aliphatic rings. The van der Waals surface area contributed by atoms with Gasteiger partial charge in [-0.1, -0.05) is 0 Å². The van der Waals surface area contributed by atoms with E-state index in [4.69, 9.17) is 10.1 Å². The van der Waals surface area contributed by atoms with Gasteiger partial charge in [0.2, 0.25) is 0 Å². The Labute approximate surface area is 50.8 Å². The van der Waals surface area contributed by atoms with Gasteiger partial charge < -0.3 is 10.8 Å². The van der Waals surface area contributed by atoms with Crippen LogP contribution in [0.3, 0.4) is 0 Å². The molecule has 0 aliphatic carbocycles. The van der Waals surface area contributed by atoms with Crippen molar-refractivity contribution in [2.24, 2.45) is 5.29 Å². The summed E-state index contributed by atoms with van der Waals surface area (Å²) in [6, 6.07) is 0. The monoisotopic (exact) mass is 84.0 g/mol. The molecule has 0 bridgehead atoms. The zero-order valence-corrected chi connectivity index (χ0v) is 4.76. The largest absolute Gasteiger partial charge is 1.00 e. The number of hydrogen-bond acceptors (Lipinski definition) is 3. The number of nitroso groups, excluding NO2 is 1. The molecular formula is HN2NaO2. The first-order valence-corrected chi connectivity index (χ1v) is 0.610. The Balaban J connectivity index is 0. The molecule has 0 unspecified atom stereocenters. The second-order valence-corrected chi connectivity index (χ2v) is 0.183. The van der Waals surface area contributed by atoms with E-state index < -0.39 is 0 Å². The predicted octanol–water partition coefficient (Wildman–Crippen LogP) is -3.24. The number of hydrogen-bond donors (Lipinski definition) is 1. The van der Waals surface area contributed by atoms with Gasteiger partial charge in [-0.3, -0.25) is 0 Å². The summed E-state index contributed by atoms with van der Waals surface area (Å²) in [5, 5.41) is 10.2. The molecule has 0 radical (unpaired) electrons. The molecule has 5 heteroatoms. The fourth-order valence-corrected chi connectivity index (χ4v) is 0. The molecule has 0 aromatic heterocycles. The van der Waals surface area contributed by atoms with Gasteiger partial charge in [0.15, 0.2) is 0 Å². The van der Waals surface area contributed by atoms with Gasteiger partial charge in [-0.05, 0) is 0 Å². The van der Waals surface area contributed by atoms with E-state index in [1.54, 1.807) is 5.29 Å². The summed E-state index contributed by atoms with van der Waals surface area (Å²) in [7, 11) is 0. The SMILES string of the molecule is O=NN[O-].[Na+]. The van der Waals surface area contributed by atoms with Crippen LogP contribution in [0.4, 0.5) is 0 Å². The van der Waals surface area contributed by atoms with Crippen molar-refractivity contribution in [1.82, 2.24) is 5.59 Å². The molecule has 0 fully saturated rings. The van der Waals surface area contributed by atoms with Crippen molar-refractivity contribution in [3.05, 3.63) is 10.1 Å². The van der Waals surface area contributed by atoms with Crippen molar-refractivity contribution < 1.29 is 29.6 Å². The van der Waals surface area contributed by atoms with Gasteiger partial charge in [-0.15, -0.1) is 4.91 Å². The Bertz CT molecular complexity index is 21.6. The Kier molecular flexibility index (Phi) is 16.0. The summed E-state index contributed by atoms with van der Waals surface area (Å²) in [6.45, 7) is 0. The van der Waals surface area contributed by atoms with E-state index in [0.717, 1.165) is 5.59 Å². The summed E-state index contributed by atoms with van der Waals surface area (Å²) in [4.78, 5) is 8.50.